The number of esters is 4. The zero-order valence-corrected chi connectivity index (χ0v) is 23.4. The van der Waals surface area contributed by atoms with Gasteiger partial charge in [0.1, 0.15) is 11.0 Å². The van der Waals surface area contributed by atoms with Crippen LogP contribution in [-0.4, -0.2) is 57.4 Å². The van der Waals surface area contributed by atoms with Crippen LogP contribution in [0.4, 0.5) is 0 Å². The number of furan rings is 1. The minimum absolute atomic E-state index is 0.0558. The van der Waals surface area contributed by atoms with E-state index >= 15 is 0 Å². The largest absolute Gasteiger partial charge is 0.469 e. The highest BCUT2D eigenvalue weighted by molar-refractivity contribution is 6.05. The Morgan fingerprint density at radius 1 is 0.816 bits per heavy atom. The molecular formula is C28H42O10. The second kappa shape index (κ2) is 15.4. The first-order chi connectivity index (χ1) is 18.3. The summed E-state index contributed by atoms with van der Waals surface area (Å²) in [6.07, 6.45) is 7.24. The van der Waals surface area contributed by atoms with E-state index in [4.69, 9.17) is 23.4 Å². The average molecular weight is 539 g/mol. The summed E-state index contributed by atoms with van der Waals surface area (Å²) in [6, 6.07) is 0. The lowest BCUT2D eigenvalue weighted by Gasteiger charge is -2.18. The van der Waals surface area contributed by atoms with Crippen LogP contribution in [0.25, 0.3) is 0 Å². The van der Waals surface area contributed by atoms with Gasteiger partial charge in [0.2, 0.25) is 5.76 Å². The minimum atomic E-state index is -1.17. The van der Waals surface area contributed by atoms with Gasteiger partial charge < -0.3 is 28.1 Å². The number of carbonyl (C=O) groups excluding carboxylic acids is 4. The summed E-state index contributed by atoms with van der Waals surface area (Å²) in [5, 5.41) is 0. The molecule has 1 aliphatic rings. The van der Waals surface area contributed by atoms with Gasteiger partial charge in [0.25, 0.3) is 5.95 Å². The van der Waals surface area contributed by atoms with Crippen molar-refractivity contribution in [3.63, 3.8) is 0 Å². The van der Waals surface area contributed by atoms with Crippen molar-refractivity contribution >= 4 is 23.9 Å². The zero-order valence-electron chi connectivity index (χ0n) is 23.4. The predicted molar refractivity (Wildman–Crippen MR) is 137 cm³/mol. The van der Waals surface area contributed by atoms with Crippen molar-refractivity contribution in [1.29, 1.82) is 0 Å². The Bertz CT molecular complexity index is 950. The van der Waals surface area contributed by atoms with Gasteiger partial charge in [-0.25, -0.2) is 9.59 Å². The van der Waals surface area contributed by atoms with Gasteiger partial charge in [-0.3, -0.25) is 9.59 Å². The number of hydrogen-bond donors (Lipinski definition) is 0. The standard InChI is InChI=1S/C28H42O10/c1-6-34-24(30)21-22(26(36-8-3)38-23(21)25(31)35-7-2)28(27(32)37-9-4)18-19(28)16-14-12-10-11-13-15-17-20(29)33-5/h19H,6-18H2,1-5H3/t19-,28+/m0/s1. The van der Waals surface area contributed by atoms with E-state index < -0.39 is 23.3 Å². The first-order valence-electron chi connectivity index (χ1n) is 13.7. The summed E-state index contributed by atoms with van der Waals surface area (Å²) in [5.41, 5.74) is -1.08. The van der Waals surface area contributed by atoms with E-state index in [-0.39, 0.29) is 61.1 Å². The van der Waals surface area contributed by atoms with Gasteiger partial charge in [-0.15, -0.1) is 0 Å². The molecule has 38 heavy (non-hydrogen) atoms. The zero-order chi connectivity index (χ0) is 28.1. The number of hydrogen-bond acceptors (Lipinski definition) is 10. The Morgan fingerprint density at radius 2 is 1.42 bits per heavy atom. The van der Waals surface area contributed by atoms with Crippen LogP contribution in [0.2, 0.25) is 0 Å². The highest BCUT2D eigenvalue weighted by Crippen LogP contribution is 2.61. The molecule has 1 fully saturated rings. The van der Waals surface area contributed by atoms with Crippen LogP contribution in [-0.2, 0) is 34.0 Å². The lowest BCUT2D eigenvalue weighted by Crippen LogP contribution is -2.29. The maximum absolute atomic E-state index is 13.4. The molecule has 1 aromatic heterocycles. The van der Waals surface area contributed by atoms with Crippen LogP contribution in [0.3, 0.4) is 0 Å². The molecule has 0 amide bonds. The maximum Gasteiger partial charge on any atom is 0.375 e. The van der Waals surface area contributed by atoms with Crippen LogP contribution in [0.5, 0.6) is 5.95 Å². The fourth-order valence-corrected chi connectivity index (χ4v) is 4.85. The monoisotopic (exact) mass is 538 g/mol. The molecule has 1 heterocycles. The van der Waals surface area contributed by atoms with Crippen LogP contribution in [0.1, 0.15) is 112 Å². The summed E-state index contributed by atoms with van der Waals surface area (Å²) in [6.45, 7) is 7.28. The molecule has 0 aromatic carbocycles. The second-order valence-corrected chi connectivity index (χ2v) is 9.17. The molecule has 10 heteroatoms. The lowest BCUT2D eigenvalue weighted by molar-refractivity contribution is -0.147. The van der Waals surface area contributed by atoms with Crippen molar-refractivity contribution in [2.45, 2.75) is 90.9 Å². The predicted octanol–water partition coefficient (Wildman–Crippen LogP) is 5.15. The summed E-state index contributed by atoms with van der Waals surface area (Å²) in [4.78, 5) is 50.4. The van der Waals surface area contributed by atoms with Crippen molar-refractivity contribution < 1.29 is 47.3 Å². The Hall–Kier alpha value is -3.04. The number of methoxy groups -OCH3 is 1. The topological polar surface area (TPSA) is 128 Å². The van der Waals surface area contributed by atoms with E-state index in [1.54, 1.807) is 27.7 Å². The normalized spacial score (nSPS) is 18.0. The molecule has 2 rings (SSSR count). The smallest absolute Gasteiger partial charge is 0.375 e. The SMILES string of the molecule is CCOC(=O)c1oc(OCC)c([C@@]2(C(=O)OCC)C[C@@H]2CCCCCCCCC(=O)OC)c1C(=O)OCC. The van der Waals surface area contributed by atoms with Crippen LogP contribution in [0, 0.1) is 5.92 Å². The molecule has 0 radical (unpaired) electrons. The van der Waals surface area contributed by atoms with E-state index in [1.165, 1.54) is 7.11 Å². The average Bonchev–Trinajstić information content (AvgIpc) is 3.49. The van der Waals surface area contributed by atoms with Crippen molar-refractivity contribution in [3.05, 3.63) is 16.9 Å². The van der Waals surface area contributed by atoms with E-state index in [0.717, 1.165) is 44.9 Å². The van der Waals surface area contributed by atoms with Gasteiger partial charge in [0, 0.05) is 6.42 Å². The van der Waals surface area contributed by atoms with Crippen molar-refractivity contribution in [1.82, 2.24) is 0 Å². The van der Waals surface area contributed by atoms with E-state index in [9.17, 15) is 19.2 Å². The van der Waals surface area contributed by atoms with E-state index in [0.29, 0.717) is 12.8 Å². The molecule has 0 saturated heterocycles. The fraction of sp³-hybridized carbons (Fsp3) is 0.714. The third-order valence-corrected chi connectivity index (χ3v) is 6.69. The van der Waals surface area contributed by atoms with E-state index in [1.807, 2.05) is 0 Å². The summed E-state index contributed by atoms with van der Waals surface area (Å²) < 4.78 is 31.9. The molecule has 0 unspecified atom stereocenters. The molecule has 1 aliphatic carbocycles. The van der Waals surface area contributed by atoms with Gasteiger partial charge in [-0.2, -0.15) is 0 Å². The van der Waals surface area contributed by atoms with Crippen LogP contribution in [0.15, 0.2) is 4.42 Å². The van der Waals surface area contributed by atoms with Crippen molar-refractivity contribution in [2.75, 3.05) is 33.5 Å². The molecule has 0 spiro atoms. The molecule has 0 N–H and O–H groups in total. The molecule has 0 aliphatic heterocycles. The molecular weight excluding hydrogens is 496 g/mol. The number of unbranched alkanes of at least 4 members (excludes halogenated alkanes) is 5. The second-order valence-electron chi connectivity index (χ2n) is 9.17. The molecule has 10 nitrogen and oxygen atoms in total. The quantitative estimate of drug-likeness (QED) is 0.141. The highest BCUT2D eigenvalue weighted by Gasteiger charge is 2.66. The summed E-state index contributed by atoms with van der Waals surface area (Å²) >= 11 is 0. The molecule has 1 saturated carbocycles. The van der Waals surface area contributed by atoms with E-state index in [2.05, 4.69) is 4.74 Å². The Kier molecular flexibility index (Phi) is 12.6. The molecule has 2 atom stereocenters. The van der Waals surface area contributed by atoms with Gasteiger partial charge >= 0.3 is 23.9 Å². The molecule has 214 valence electrons. The highest BCUT2D eigenvalue weighted by atomic mass is 16.6. The number of carbonyl (C=O) groups is 4. The Balaban J connectivity index is 2.26. The van der Waals surface area contributed by atoms with Gasteiger partial charge in [0.15, 0.2) is 0 Å². The number of rotatable bonds is 18. The first-order valence-corrected chi connectivity index (χ1v) is 13.7. The fourth-order valence-electron chi connectivity index (χ4n) is 4.85. The minimum Gasteiger partial charge on any atom is -0.469 e. The maximum atomic E-state index is 13.4. The third-order valence-electron chi connectivity index (χ3n) is 6.69. The third kappa shape index (κ3) is 7.51. The van der Waals surface area contributed by atoms with Crippen LogP contribution >= 0.6 is 0 Å². The molecule has 1 aromatic rings. The van der Waals surface area contributed by atoms with Crippen molar-refractivity contribution in [2.24, 2.45) is 5.92 Å². The summed E-state index contributed by atoms with van der Waals surface area (Å²) in [5.74, 6) is -2.76. The van der Waals surface area contributed by atoms with Gasteiger partial charge in [-0.05, 0) is 52.9 Å². The van der Waals surface area contributed by atoms with Gasteiger partial charge in [0.05, 0.1) is 39.1 Å². The first kappa shape index (κ1) is 31.2. The van der Waals surface area contributed by atoms with Crippen LogP contribution < -0.4 is 4.74 Å². The Morgan fingerprint density at radius 3 is 2.03 bits per heavy atom. The van der Waals surface area contributed by atoms with Crippen molar-refractivity contribution in [3.8, 4) is 5.95 Å². The van der Waals surface area contributed by atoms with Gasteiger partial charge in [-0.1, -0.05) is 32.1 Å². The Labute approximate surface area is 224 Å². The summed E-state index contributed by atoms with van der Waals surface area (Å²) in [7, 11) is 1.39. The lowest BCUT2D eigenvalue weighted by atomic mass is 9.89. The number of ether oxygens (including phenoxy) is 5. The molecule has 0 bridgehead atoms.